The fraction of sp³-hybridized carbons (Fsp3) is 0.571. The van der Waals surface area contributed by atoms with Crippen LogP contribution < -0.4 is 10.2 Å². The Morgan fingerprint density at radius 3 is 2.56 bits per heavy atom. The van der Waals surface area contributed by atoms with E-state index in [1.165, 1.54) is 12.4 Å². The highest BCUT2D eigenvalue weighted by Gasteiger charge is 2.39. The number of halogens is 3. The molecule has 176 valence electrons. The summed E-state index contributed by atoms with van der Waals surface area (Å²) in [7, 11) is 1.42. The molecule has 0 aliphatic carbocycles. The Morgan fingerprint density at radius 2 is 2.00 bits per heavy atom. The molecule has 1 amide bonds. The van der Waals surface area contributed by atoms with E-state index in [1.54, 1.807) is 9.96 Å². The van der Waals surface area contributed by atoms with Gasteiger partial charge in [0, 0.05) is 31.9 Å². The number of carbonyl (C=O) groups is 2. The molecular formula is C21H27F3N4O3S. The second kappa shape index (κ2) is 8.86. The standard InChI is InChI=1S/C21H27F3N4O3S/c1-12(2)8-16(29)31-28-7-6-27(11-20(28,3)4)15-9-14(21(22,23)24)18-17(26-15)13(10-32-18)19(30)25-5/h9-10,12H,6-8,11H2,1-5H3,(H,25,30). The van der Waals surface area contributed by atoms with Crippen LogP contribution in [0.2, 0.25) is 0 Å². The van der Waals surface area contributed by atoms with Gasteiger partial charge in [-0.3, -0.25) is 9.59 Å². The lowest BCUT2D eigenvalue weighted by molar-refractivity contribution is -0.220. The number of thiophene rings is 1. The van der Waals surface area contributed by atoms with Gasteiger partial charge in [-0.15, -0.1) is 16.4 Å². The Labute approximate surface area is 188 Å². The first-order chi connectivity index (χ1) is 14.8. The summed E-state index contributed by atoms with van der Waals surface area (Å²) in [6.45, 7) is 8.45. The molecule has 0 aromatic carbocycles. The van der Waals surface area contributed by atoms with Crippen LogP contribution in [-0.4, -0.2) is 54.1 Å². The number of carbonyl (C=O) groups excluding carboxylic acids is 2. The summed E-state index contributed by atoms with van der Waals surface area (Å²) in [5.74, 6) is -0.538. The molecule has 1 aliphatic heterocycles. The van der Waals surface area contributed by atoms with E-state index in [1.807, 2.05) is 27.7 Å². The molecule has 3 rings (SSSR count). The second-order valence-corrected chi connectivity index (χ2v) is 9.71. The summed E-state index contributed by atoms with van der Waals surface area (Å²) in [5.41, 5.74) is -1.33. The number of nitrogens with one attached hydrogen (secondary N) is 1. The highest BCUT2D eigenvalue weighted by Crippen LogP contribution is 2.40. The molecule has 0 saturated carbocycles. The van der Waals surface area contributed by atoms with E-state index in [9.17, 15) is 22.8 Å². The average molecular weight is 473 g/mol. The number of hydroxylamine groups is 2. The van der Waals surface area contributed by atoms with Crippen molar-refractivity contribution >= 4 is 39.2 Å². The van der Waals surface area contributed by atoms with E-state index in [4.69, 9.17) is 4.84 Å². The fourth-order valence-corrected chi connectivity index (χ4v) is 4.68. The maximum Gasteiger partial charge on any atom is 0.417 e. The lowest BCUT2D eigenvalue weighted by Gasteiger charge is -2.45. The Morgan fingerprint density at radius 1 is 1.31 bits per heavy atom. The van der Waals surface area contributed by atoms with Crippen molar-refractivity contribution in [2.24, 2.45) is 5.92 Å². The van der Waals surface area contributed by atoms with Gasteiger partial charge in [-0.05, 0) is 25.8 Å². The molecule has 0 bridgehead atoms. The number of aromatic nitrogens is 1. The molecule has 1 N–H and O–H groups in total. The maximum absolute atomic E-state index is 13.8. The minimum absolute atomic E-state index is 0.0303. The largest absolute Gasteiger partial charge is 0.417 e. The average Bonchev–Trinajstić information content (AvgIpc) is 3.10. The van der Waals surface area contributed by atoms with Crippen molar-refractivity contribution < 1.29 is 27.6 Å². The number of pyridine rings is 1. The van der Waals surface area contributed by atoms with Gasteiger partial charge in [0.2, 0.25) is 0 Å². The minimum Gasteiger partial charge on any atom is -0.367 e. The SMILES string of the molecule is CNC(=O)c1csc2c(C(F)(F)F)cc(N3CCN(OC(=O)CC(C)C)C(C)(C)C3)nc12. The van der Waals surface area contributed by atoms with Crippen LogP contribution in [0.25, 0.3) is 10.2 Å². The Balaban J connectivity index is 1.94. The lowest BCUT2D eigenvalue weighted by Crippen LogP contribution is -2.59. The molecule has 32 heavy (non-hydrogen) atoms. The molecule has 0 radical (unpaired) electrons. The van der Waals surface area contributed by atoms with Crippen LogP contribution >= 0.6 is 11.3 Å². The first-order valence-electron chi connectivity index (χ1n) is 10.3. The van der Waals surface area contributed by atoms with Crippen LogP contribution in [0.1, 0.15) is 50.0 Å². The molecule has 3 heterocycles. The van der Waals surface area contributed by atoms with E-state index < -0.39 is 23.2 Å². The van der Waals surface area contributed by atoms with E-state index in [-0.39, 0.29) is 46.5 Å². The van der Waals surface area contributed by atoms with Crippen molar-refractivity contribution in [2.75, 3.05) is 31.6 Å². The van der Waals surface area contributed by atoms with E-state index >= 15 is 0 Å². The van der Waals surface area contributed by atoms with Gasteiger partial charge in [-0.1, -0.05) is 13.8 Å². The minimum atomic E-state index is -4.59. The van der Waals surface area contributed by atoms with E-state index in [0.29, 0.717) is 13.1 Å². The van der Waals surface area contributed by atoms with Crippen molar-refractivity contribution in [3.63, 3.8) is 0 Å². The topological polar surface area (TPSA) is 74.8 Å². The number of fused-ring (bicyclic) bond motifs is 1. The van der Waals surface area contributed by atoms with Crippen molar-refractivity contribution in [1.82, 2.24) is 15.4 Å². The number of hydrogen-bond acceptors (Lipinski definition) is 7. The van der Waals surface area contributed by atoms with E-state index in [0.717, 1.165) is 17.4 Å². The molecule has 2 aromatic rings. The number of anilines is 1. The Hall–Kier alpha value is -2.40. The van der Waals surface area contributed by atoms with Gasteiger partial charge in [0.15, 0.2) is 0 Å². The number of piperazine rings is 1. The third-order valence-electron chi connectivity index (χ3n) is 5.22. The third-order valence-corrected chi connectivity index (χ3v) is 6.23. The van der Waals surface area contributed by atoms with Gasteiger partial charge in [0.25, 0.3) is 5.91 Å². The zero-order valence-corrected chi connectivity index (χ0v) is 19.5. The molecule has 0 atom stereocenters. The molecule has 11 heteroatoms. The summed E-state index contributed by atoms with van der Waals surface area (Å²) in [5, 5.41) is 5.42. The first kappa shape index (κ1) is 24.2. The van der Waals surface area contributed by atoms with Crippen LogP contribution in [0.4, 0.5) is 19.0 Å². The monoisotopic (exact) mass is 472 g/mol. The lowest BCUT2D eigenvalue weighted by atomic mass is 10.0. The highest BCUT2D eigenvalue weighted by molar-refractivity contribution is 7.17. The number of nitrogens with zero attached hydrogens (tertiary/aromatic N) is 3. The zero-order valence-electron chi connectivity index (χ0n) is 18.7. The van der Waals surface area contributed by atoms with Crippen LogP contribution in [-0.2, 0) is 15.8 Å². The summed E-state index contributed by atoms with van der Waals surface area (Å²) in [6, 6.07) is 1.03. The maximum atomic E-state index is 13.8. The van der Waals surface area contributed by atoms with Crippen LogP contribution in [0.3, 0.4) is 0 Å². The summed E-state index contributed by atoms with van der Waals surface area (Å²) in [4.78, 5) is 36.0. The molecule has 1 fully saturated rings. The zero-order chi connectivity index (χ0) is 23.8. The van der Waals surface area contributed by atoms with Gasteiger partial charge in [-0.25, -0.2) is 4.98 Å². The Kier molecular flexibility index (Phi) is 6.71. The molecule has 0 spiro atoms. The first-order valence-corrected chi connectivity index (χ1v) is 11.2. The molecular weight excluding hydrogens is 445 g/mol. The molecule has 1 aliphatic rings. The van der Waals surface area contributed by atoms with Gasteiger partial charge >= 0.3 is 12.1 Å². The number of rotatable bonds is 5. The number of amides is 1. The van der Waals surface area contributed by atoms with Crippen molar-refractivity contribution in [1.29, 1.82) is 0 Å². The predicted molar refractivity (Wildman–Crippen MR) is 117 cm³/mol. The van der Waals surface area contributed by atoms with Gasteiger partial charge < -0.3 is 15.1 Å². The molecule has 2 aromatic heterocycles. The van der Waals surface area contributed by atoms with Crippen molar-refractivity contribution in [3.05, 3.63) is 22.6 Å². The van der Waals surface area contributed by atoms with Crippen LogP contribution in [0.15, 0.2) is 11.4 Å². The highest BCUT2D eigenvalue weighted by atomic mass is 32.1. The summed E-state index contributed by atoms with van der Waals surface area (Å²) < 4.78 is 41.4. The number of alkyl halides is 3. The second-order valence-electron chi connectivity index (χ2n) is 8.83. The quantitative estimate of drug-likeness (QED) is 0.707. The third kappa shape index (κ3) is 4.98. The molecule has 0 unspecified atom stereocenters. The fourth-order valence-electron chi connectivity index (χ4n) is 3.66. The van der Waals surface area contributed by atoms with Crippen molar-refractivity contribution in [2.45, 2.75) is 45.8 Å². The van der Waals surface area contributed by atoms with Gasteiger partial charge in [0.05, 0.1) is 33.4 Å². The molecule has 1 saturated heterocycles. The van der Waals surface area contributed by atoms with Gasteiger partial charge in [-0.2, -0.15) is 13.2 Å². The van der Waals surface area contributed by atoms with Gasteiger partial charge in [0.1, 0.15) is 5.82 Å². The summed E-state index contributed by atoms with van der Waals surface area (Å²) in [6.07, 6.45) is -4.31. The van der Waals surface area contributed by atoms with E-state index in [2.05, 4.69) is 10.3 Å². The van der Waals surface area contributed by atoms with Crippen LogP contribution in [0, 0.1) is 5.92 Å². The molecule has 7 nitrogen and oxygen atoms in total. The Bertz CT molecular complexity index is 1020. The predicted octanol–water partition coefficient (Wildman–Crippen LogP) is 4.08. The van der Waals surface area contributed by atoms with Crippen molar-refractivity contribution in [3.8, 4) is 0 Å². The number of hydrogen-bond donors (Lipinski definition) is 1. The summed E-state index contributed by atoms with van der Waals surface area (Å²) >= 11 is 0.851. The smallest absolute Gasteiger partial charge is 0.367 e. The van der Waals surface area contributed by atoms with Crippen LogP contribution in [0.5, 0.6) is 0 Å². The normalized spacial score (nSPS) is 17.1.